The Balaban J connectivity index is 1.67. The van der Waals surface area contributed by atoms with Crippen molar-refractivity contribution in [3.05, 3.63) is 59.2 Å². The summed E-state index contributed by atoms with van der Waals surface area (Å²) in [7, 11) is 0. The maximum Gasteiger partial charge on any atom is 0.414 e. The molecule has 1 unspecified atom stereocenters. The number of nitrogens with two attached hydrogens (primary N) is 1. The van der Waals surface area contributed by atoms with Crippen molar-refractivity contribution < 1.29 is 34.1 Å². The van der Waals surface area contributed by atoms with E-state index in [1.165, 1.54) is 4.90 Å². The number of para-hydroxylation sites is 1. The SMILES string of the molecule is N=C(N)NCc1ccc(N2CC(COc3c(CC(=O)O)cccc3CC(=O)O)OC2=O)cc1. The number of carboxylic acids is 2. The lowest BCUT2D eigenvalue weighted by Crippen LogP contribution is -2.29. The first-order chi connectivity index (χ1) is 15.7. The number of carbonyl (C=O) groups is 3. The van der Waals surface area contributed by atoms with Gasteiger partial charge >= 0.3 is 18.0 Å². The molecule has 1 fully saturated rings. The highest BCUT2D eigenvalue weighted by Crippen LogP contribution is 2.27. The Labute approximate surface area is 189 Å². The van der Waals surface area contributed by atoms with E-state index in [-0.39, 0.29) is 37.7 Å². The van der Waals surface area contributed by atoms with Gasteiger partial charge < -0.3 is 30.7 Å². The molecular formula is C22H24N4O7. The van der Waals surface area contributed by atoms with Gasteiger partial charge in [0.05, 0.1) is 19.4 Å². The minimum absolute atomic E-state index is 0.0634. The van der Waals surface area contributed by atoms with Crippen LogP contribution in [0.3, 0.4) is 0 Å². The van der Waals surface area contributed by atoms with Crippen molar-refractivity contribution in [3.63, 3.8) is 0 Å². The van der Waals surface area contributed by atoms with E-state index in [1.807, 2.05) is 0 Å². The summed E-state index contributed by atoms with van der Waals surface area (Å²) in [5, 5.41) is 28.2. The van der Waals surface area contributed by atoms with Crippen LogP contribution in [0.5, 0.6) is 5.75 Å². The summed E-state index contributed by atoms with van der Waals surface area (Å²) in [5.74, 6) is -2.11. The lowest BCUT2D eigenvalue weighted by Gasteiger charge is -2.17. The van der Waals surface area contributed by atoms with Gasteiger partial charge in [-0.05, 0) is 17.7 Å². The van der Waals surface area contributed by atoms with Crippen molar-refractivity contribution in [2.75, 3.05) is 18.1 Å². The highest BCUT2D eigenvalue weighted by Gasteiger charge is 2.33. The largest absolute Gasteiger partial charge is 0.489 e. The topological polar surface area (TPSA) is 175 Å². The van der Waals surface area contributed by atoms with Crippen molar-refractivity contribution in [1.82, 2.24) is 5.32 Å². The van der Waals surface area contributed by atoms with Gasteiger partial charge in [0.25, 0.3) is 0 Å². The average molecular weight is 456 g/mol. The van der Waals surface area contributed by atoms with Crippen LogP contribution in [0.1, 0.15) is 16.7 Å². The monoisotopic (exact) mass is 456 g/mol. The minimum Gasteiger partial charge on any atom is -0.489 e. The smallest absolute Gasteiger partial charge is 0.414 e. The van der Waals surface area contributed by atoms with Crippen molar-refractivity contribution in [3.8, 4) is 5.75 Å². The second-order valence-corrected chi connectivity index (χ2v) is 7.41. The summed E-state index contributed by atoms with van der Waals surface area (Å²) in [4.78, 5) is 36.2. The normalized spacial score (nSPS) is 15.1. The fourth-order valence-electron chi connectivity index (χ4n) is 3.41. The van der Waals surface area contributed by atoms with Crippen LogP contribution >= 0.6 is 0 Å². The summed E-state index contributed by atoms with van der Waals surface area (Å²) < 4.78 is 11.2. The molecule has 0 radical (unpaired) electrons. The van der Waals surface area contributed by atoms with Gasteiger partial charge in [0, 0.05) is 23.4 Å². The molecular weight excluding hydrogens is 432 g/mol. The molecule has 2 aromatic carbocycles. The number of benzene rings is 2. The first-order valence-corrected chi connectivity index (χ1v) is 10.0. The number of cyclic esters (lactones) is 1. The van der Waals surface area contributed by atoms with Gasteiger partial charge in [0.2, 0.25) is 0 Å². The molecule has 1 atom stereocenters. The number of nitrogens with zero attached hydrogens (tertiary/aromatic N) is 1. The van der Waals surface area contributed by atoms with Crippen LogP contribution in [-0.4, -0.2) is 53.5 Å². The second-order valence-electron chi connectivity index (χ2n) is 7.41. The first-order valence-electron chi connectivity index (χ1n) is 10.0. The second kappa shape index (κ2) is 10.4. The van der Waals surface area contributed by atoms with Gasteiger partial charge in [-0.15, -0.1) is 0 Å². The molecule has 1 heterocycles. The van der Waals surface area contributed by atoms with Crippen LogP contribution in [0.15, 0.2) is 42.5 Å². The molecule has 33 heavy (non-hydrogen) atoms. The van der Waals surface area contributed by atoms with E-state index >= 15 is 0 Å². The molecule has 174 valence electrons. The van der Waals surface area contributed by atoms with E-state index in [1.54, 1.807) is 42.5 Å². The number of carbonyl (C=O) groups excluding carboxylic acids is 1. The Hall–Kier alpha value is -4.28. The maximum atomic E-state index is 12.4. The lowest BCUT2D eigenvalue weighted by molar-refractivity contribution is -0.137. The van der Waals surface area contributed by atoms with E-state index in [9.17, 15) is 14.4 Å². The van der Waals surface area contributed by atoms with Gasteiger partial charge in [-0.3, -0.25) is 19.9 Å². The number of nitrogens with one attached hydrogen (secondary N) is 2. The van der Waals surface area contributed by atoms with Crippen LogP contribution in [0.25, 0.3) is 0 Å². The Morgan fingerprint density at radius 1 is 1.12 bits per heavy atom. The molecule has 1 aliphatic heterocycles. The molecule has 1 amide bonds. The van der Waals surface area contributed by atoms with Crippen LogP contribution in [-0.2, 0) is 33.7 Å². The molecule has 1 aliphatic rings. The summed E-state index contributed by atoms with van der Waals surface area (Å²) in [6.45, 7) is 0.524. The molecule has 0 saturated carbocycles. The molecule has 1 saturated heterocycles. The summed E-state index contributed by atoms with van der Waals surface area (Å²) >= 11 is 0. The van der Waals surface area contributed by atoms with Gasteiger partial charge in [-0.2, -0.15) is 0 Å². The summed E-state index contributed by atoms with van der Waals surface area (Å²) in [6.07, 6.45) is -1.84. The molecule has 11 heteroatoms. The molecule has 0 aromatic heterocycles. The Bertz CT molecular complexity index is 1020. The number of aliphatic carboxylic acids is 2. The summed E-state index contributed by atoms with van der Waals surface area (Å²) in [6, 6.07) is 11.8. The van der Waals surface area contributed by atoms with Gasteiger partial charge in [-0.1, -0.05) is 30.3 Å². The van der Waals surface area contributed by atoms with Crippen LogP contribution in [0, 0.1) is 5.41 Å². The highest BCUT2D eigenvalue weighted by molar-refractivity contribution is 5.89. The number of hydrogen-bond acceptors (Lipinski definition) is 6. The molecule has 0 aliphatic carbocycles. The molecule has 11 nitrogen and oxygen atoms in total. The van der Waals surface area contributed by atoms with E-state index < -0.39 is 24.1 Å². The zero-order valence-electron chi connectivity index (χ0n) is 17.6. The van der Waals surface area contributed by atoms with Crippen LogP contribution in [0.2, 0.25) is 0 Å². The number of anilines is 1. The molecule has 0 bridgehead atoms. The molecule has 0 spiro atoms. The van der Waals surface area contributed by atoms with Crippen LogP contribution in [0.4, 0.5) is 10.5 Å². The lowest BCUT2D eigenvalue weighted by atomic mass is 10.0. The van der Waals surface area contributed by atoms with Gasteiger partial charge in [0.15, 0.2) is 12.1 Å². The molecule has 2 aromatic rings. The standard InChI is InChI=1S/C22H24N4O7/c23-21(24)25-10-13-4-6-16(7-5-13)26-11-17(33-22(26)31)12-32-20-14(8-18(27)28)2-1-3-15(20)9-19(29)30/h1-7,17H,8-12H2,(H,27,28)(H,29,30)(H4,23,24,25). The number of guanidine groups is 1. The van der Waals surface area contributed by atoms with E-state index in [0.29, 0.717) is 23.4 Å². The first kappa shape index (κ1) is 23.4. The number of carboxylic acid groups (broad SMARTS) is 2. The average Bonchev–Trinajstić information content (AvgIpc) is 3.12. The Morgan fingerprint density at radius 3 is 2.27 bits per heavy atom. The van der Waals surface area contributed by atoms with Crippen LogP contribution < -0.4 is 20.7 Å². The molecule has 3 rings (SSSR count). The van der Waals surface area contributed by atoms with Crippen molar-refractivity contribution in [1.29, 1.82) is 5.41 Å². The fraction of sp³-hybridized carbons (Fsp3) is 0.273. The van der Waals surface area contributed by atoms with Gasteiger partial charge in [-0.25, -0.2) is 4.79 Å². The molecule has 6 N–H and O–H groups in total. The Morgan fingerprint density at radius 2 is 1.73 bits per heavy atom. The van der Waals surface area contributed by atoms with E-state index in [4.69, 9.17) is 30.8 Å². The maximum absolute atomic E-state index is 12.4. The number of amides is 1. The van der Waals surface area contributed by atoms with Crippen molar-refractivity contribution in [2.45, 2.75) is 25.5 Å². The highest BCUT2D eigenvalue weighted by atomic mass is 16.6. The predicted octanol–water partition coefficient (Wildman–Crippen LogP) is 1.33. The third-order valence-corrected chi connectivity index (χ3v) is 4.88. The zero-order chi connectivity index (χ0) is 24.0. The third-order valence-electron chi connectivity index (χ3n) is 4.88. The number of rotatable bonds is 10. The quantitative estimate of drug-likeness (QED) is 0.261. The predicted molar refractivity (Wildman–Crippen MR) is 117 cm³/mol. The van der Waals surface area contributed by atoms with Crippen molar-refractivity contribution >= 4 is 29.7 Å². The van der Waals surface area contributed by atoms with E-state index in [2.05, 4.69) is 5.32 Å². The van der Waals surface area contributed by atoms with Crippen molar-refractivity contribution in [2.24, 2.45) is 5.73 Å². The third kappa shape index (κ3) is 6.35. The van der Waals surface area contributed by atoms with Gasteiger partial charge in [0.1, 0.15) is 12.4 Å². The minimum atomic E-state index is -1.08. The zero-order valence-corrected chi connectivity index (χ0v) is 17.6. The van der Waals surface area contributed by atoms with E-state index in [0.717, 1.165) is 5.56 Å². The Kier molecular flexibility index (Phi) is 7.34. The number of hydrogen-bond donors (Lipinski definition) is 5. The number of ether oxygens (including phenoxy) is 2. The summed E-state index contributed by atoms with van der Waals surface area (Å²) in [5.41, 5.74) is 7.46. The fourth-order valence-corrected chi connectivity index (χ4v) is 3.41.